The second-order valence-electron chi connectivity index (χ2n) is 5.66. The number of hydrogen-bond acceptors (Lipinski definition) is 5. The molecule has 0 saturated heterocycles. The number of nitro groups is 1. The second-order valence-corrected chi connectivity index (χ2v) is 6.07. The Hall–Kier alpha value is -3.12. The molecule has 0 saturated carbocycles. The minimum absolute atomic E-state index is 0.0136. The lowest BCUT2D eigenvalue weighted by Gasteiger charge is -2.02. The van der Waals surface area contributed by atoms with Gasteiger partial charge in [0.25, 0.3) is 5.69 Å². The zero-order valence-electron chi connectivity index (χ0n) is 14.0. The molecule has 0 aliphatic rings. The Kier molecular flexibility index (Phi) is 5.34. The van der Waals surface area contributed by atoms with Gasteiger partial charge in [-0.25, -0.2) is 0 Å². The van der Waals surface area contributed by atoms with Crippen molar-refractivity contribution < 1.29 is 9.34 Å². The van der Waals surface area contributed by atoms with Gasteiger partial charge in [0, 0.05) is 11.1 Å². The Morgan fingerprint density at radius 3 is 2.81 bits per heavy atom. The topological polar surface area (TPSA) is 80.7 Å². The molecule has 1 N–H and O–H groups in total. The van der Waals surface area contributed by atoms with Gasteiger partial charge in [-0.1, -0.05) is 35.9 Å². The van der Waals surface area contributed by atoms with Crippen molar-refractivity contribution in [2.24, 2.45) is 5.10 Å². The number of rotatable bonds is 6. The van der Waals surface area contributed by atoms with Crippen LogP contribution in [-0.4, -0.2) is 11.1 Å². The fourth-order valence-corrected chi connectivity index (χ4v) is 2.65. The smallest absolute Gasteiger partial charge is 0.280 e. The van der Waals surface area contributed by atoms with Crippen LogP contribution in [0, 0.1) is 17.0 Å². The molecule has 2 aromatic carbocycles. The van der Waals surface area contributed by atoms with Crippen molar-refractivity contribution in [2.75, 3.05) is 0 Å². The minimum atomic E-state index is -0.413. The zero-order chi connectivity index (χ0) is 18.5. The van der Waals surface area contributed by atoms with Gasteiger partial charge in [0.1, 0.15) is 11.5 Å². The molecule has 0 fully saturated rings. The lowest BCUT2D eigenvalue weighted by Crippen LogP contribution is -2.05. The predicted octanol–water partition coefficient (Wildman–Crippen LogP) is 4.94. The van der Waals surface area contributed by atoms with Gasteiger partial charge in [0.05, 0.1) is 23.2 Å². The molecule has 1 heterocycles. The standard InChI is InChI=1S/C19H16ClN3O3/c1-13-6-8-16(18(10-13)23(24)25)19-9-7-15(26-19)12-22-21-11-14-4-2-3-5-17(14)20/h2-10,12,21H,11H2,1H3/b22-12-. The third-order valence-electron chi connectivity index (χ3n) is 3.75. The first-order chi connectivity index (χ1) is 12.5. The lowest BCUT2D eigenvalue weighted by atomic mass is 10.1. The second kappa shape index (κ2) is 7.84. The summed E-state index contributed by atoms with van der Waals surface area (Å²) in [5, 5.41) is 16.0. The van der Waals surface area contributed by atoms with Crippen LogP contribution in [0.1, 0.15) is 16.9 Å². The van der Waals surface area contributed by atoms with Crippen LogP contribution >= 0.6 is 11.6 Å². The van der Waals surface area contributed by atoms with E-state index in [9.17, 15) is 10.1 Å². The summed E-state index contributed by atoms with van der Waals surface area (Å²) in [6, 6.07) is 15.9. The van der Waals surface area contributed by atoms with Gasteiger partial charge in [0.15, 0.2) is 0 Å². The minimum Gasteiger partial charge on any atom is -0.455 e. The maximum atomic E-state index is 11.2. The molecule has 0 atom stereocenters. The summed E-state index contributed by atoms with van der Waals surface area (Å²) in [6.45, 7) is 2.29. The molecule has 0 unspecified atom stereocenters. The molecule has 3 rings (SSSR count). The van der Waals surface area contributed by atoms with Crippen molar-refractivity contribution in [1.82, 2.24) is 5.43 Å². The van der Waals surface area contributed by atoms with E-state index >= 15 is 0 Å². The fraction of sp³-hybridized carbons (Fsp3) is 0.105. The average molecular weight is 370 g/mol. The molecule has 7 heteroatoms. The molecule has 0 aliphatic carbocycles. The third kappa shape index (κ3) is 4.10. The summed E-state index contributed by atoms with van der Waals surface area (Å²) in [4.78, 5) is 10.8. The molecule has 1 aromatic heterocycles. The van der Waals surface area contributed by atoms with Crippen molar-refractivity contribution in [3.05, 3.63) is 86.6 Å². The molecule has 6 nitrogen and oxygen atoms in total. The Labute approximate surface area is 155 Å². The van der Waals surface area contributed by atoms with E-state index in [0.29, 0.717) is 28.7 Å². The first-order valence-electron chi connectivity index (χ1n) is 7.89. The van der Waals surface area contributed by atoms with Crippen LogP contribution in [-0.2, 0) is 6.54 Å². The van der Waals surface area contributed by atoms with Gasteiger partial charge in [-0.3, -0.25) is 10.1 Å². The van der Waals surface area contributed by atoms with Crippen molar-refractivity contribution in [1.29, 1.82) is 0 Å². The van der Waals surface area contributed by atoms with Crippen LogP contribution in [0.15, 0.2) is 64.1 Å². The summed E-state index contributed by atoms with van der Waals surface area (Å²) in [5.74, 6) is 0.908. The molecule has 3 aromatic rings. The van der Waals surface area contributed by atoms with E-state index in [1.165, 1.54) is 12.3 Å². The van der Waals surface area contributed by atoms with Crippen molar-refractivity contribution in [3.8, 4) is 11.3 Å². The molecule has 0 aliphatic heterocycles. The van der Waals surface area contributed by atoms with E-state index < -0.39 is 4.92 Å². The molecule has 0 spiro atoms. The molecular weight excluding hydrogens is 354 g/mol. The van der Waals surface area contributed by atoms with Crippen molar-refractivity contribution in [2.45, 2.75) is 13.5 Å². The number of benzene rings is 2. The number of nitrogens with zero attached hydrogens (tertiary/aromatic N) is 2. The van der Waals surface area contributed by atoms with Crippen molar-refractivity contribution in [3.63, 3.8) is 0 Å². The Bertz CT molecular complexity index is 966. The Morgan fingerprint density at radius 1 is 1.23 bits per heavy atom. The number of halogens is 1. The molecule has 0 radical (unpaired) electrons. The number of aryl methyl sites for hydroxylation is 1. The monoisotopic (exact) mass is 369 g/mol. The van der Waals surface area contributed by atoms with Crippen LogP contribution in [0.25, 0.3) is 11.3 Å². The first-order valence-corrected chi connectivity index (χ1v) is 8.27. The molecule has 0 amide bonds. The normalized spacial score (nSPS) is 11.0. The summed E-state index contributed by atoms with van der Waals surface area (Å²) >= 11 is 6.08. The van der Waals surface area contributed by atoms with E-state index in [2.05, 4.69) is 10.5 Å². The summed E-state index contributed by atoms with van der Waals surface area (Å²) in [5.41, 5.74) is 5.09. The van der Waals surface area contributed by atoms with Crippen molar-refractivity contribution >= 4 is 23.5 Å². The molecule has 0 bridgehead atoms. The van der Waals surface area contributed by atoms with E-state index in [1.807, 2.05) is 37.3 Å². The first kappa shape index (κ1) is 17.7. The fourth-order valence-electron chi connectivity index (χ4n) is 2.45. The number of nitrogens with one attached hydrogen (secondary N) is 1. The average Bonchev–Trinajstić information content (AvgIpc) is 3.08. The third-order valence-corrected chi connectivity index (χ3v) is 4.12. The number of furan rings is 1. The Balaban J connectivity index is 1.71. The highest BCUT2D eigenvalue weighted by atomic mass is 35.5. The van der Waals surface area contributed by atoms with Crippen LogP contribution in [0.4, 0.5) is 5.69 Å². The zero-order valence-corrected chi connectivity index (χ0v) is 14.7. The van der Waals surface area contributed by atoms with E-state index in [4.69, 9.17) is 16.0 Å². The van der Waals surface area contributed by atoms with Crippen LogP contribution in [0.5, 0.6) is 0 Å². The summed E-state index contributed by atoms with van der Waals surface area (Å²) in [6.07, 6.45) is 1.51. The van der Waals surface area contributed by atoms with E-state index in [-0.39, 0.29) is 5.69 Å². The predicted molar refractivity (Wildman–Crippen MR) is 101 cm³/mol. The highest BCUT2D eigenvalue weighted by Crippen LogP contribution is 2.31. The lowest BCUT2D eigenvalue weighted by molar-refractivity contribution is -0.384. The van der Waals surface area contributed by atoms with E-state index in [1.54, 1.807) is 18.2 Å². The van der Waals surface area contributed by atoms with Gasteiger partial charge in [0.2, 0.25) is 0 Å². The molecular formula is C19H16ClN3O3. The van der Waals surface area contributed by atoms with Gasteiger partial charge >= 0.3 is 0 Å². The number of nitro benzene ring substituents is 1. The van der Waals surface area contributed by atoms with Crippen LogP contribution in [0.3, 0.4) is 0 Å². The largest absolute Gasteiger partial charge is 0.455 e. The maximum Gasteiger partial charge on any atom is 0.280 e. The van der Waals surface area contributed by atoms with Gasteiger partial charge in [-0.2, -0.15) is 5.10 Å². The van der Waals surface area contributed by atoms with Crippen LogP contribution < -0.4 is 5.43 Å². The SMILES string of the molecule is Cc1ccc(-c2ccc(/C=N\NCc3ccccc3Cl)o2)c([N+](=O)[O-])c1. The maximum absolute atomic E-state index is 11.2. The Morgan fingerprint density at radius 2 is 2.04 bits per heavy atom. The highest BCUT2D eigenvalue weighted by molar-refractivity contribution is 6.31. The van der Waals surface area contributed by atoms with Crippen LogP contribution in [0.2, 0.25) is 5.02 Å². The van der Waals surface area contributed by atoms with Gasteiger partial charge in [-0.05, 0) is 42.3 Å². The van der Waals surface area contributed by atoms with Gasteiger partial charge in [-0.15, -0.1) is 0 Å². The number of hydrogen-bond donors (Lipinski definition) is 1. The quantitative estimate of drug-likeness (QED) is 0.379. The molecule has 132 valence electrons. The summed E-state index contributed by atoms with van der Waals surface area (Å²) < 4.78 is 5.66. The molecule has 26 heavy (non-hydrogen) atoms. The summed E-state index contributed by atoms with van der Waals surface area (Å²) in [7, 11) is 0. The number of hydrazone groups is 1. The highest BCUT2D eigenvalue weighted by Gasteiger charge is 2.17. The van der Waals surface area contributed by atoms with Gasteiger partial charge < -0.3 is 9.84 Å². The van der Waals surface area contributed by atoms with E-state index in [0.717, 1.165) is 11.1 Å².